The molecule has 106 valence electrons. The maximum Gasteiger partial charge on any atom is 0.408 e. The Morgan fingerprint density at radius 2 is 1.94 bits per heavy atom. The largest absolute Gasteiger partial charge is 0.444 e. The van der Waals surface area contributed by atoms with Crippen LogP contribution in [-0.4, -0.2) is 35.0 Å². The van der Waals surface area contributed by atoms with Crippen molar-refractivity contribution in [3.05, 3.63) is 0 Å². The summed E-state index contributed by atoms with van der Waals surface area (Å²) in [5.74, 6) is 0. The molecule has 0 bridgehead atoms. The van der Waals surface area contributed by atoms with Gasteiger partial charge in [0.1, 0.15) is 5.60 Å². The van der Waals surface area contributed by atoms with Crippen molar-refractivity contribution in [3.63, 3.8) is 0 Å². The molecule has 1 saturated carbocycles. The van der Waals surface area contributed by atoms with Gasteiger partial charge in [0.25, 0.3) is 0 Å². The van der Waals surface area contributed by atoms with Gasteiger partial charge < -0.3 is 20.9 Å². The number of nitrogens with one attached hydrogen (secondary N) is 1. The topological polar surface area (TPSA) is 84.6 Å². The van der Waals surface area contributed by atoms with Crippen LogP contribution >= 0.6 is 0 Å². The van der Waals surface area contributed by atoms with Crippen molar-refractivity contribution in [1.29, 1.82) is 0 Å². The average Bonchev–Trinajstić information content (AvgIpc) is 2.26. The third kappa shape index (κ3) is 4.14. The molecule has 1 aliphatic rings. The molecule has 1 amide bonds. The molecule has 0 aromatic carbocycles. The molecule has 0 radical (unpaired) electrons. The zero-order valence-corrected chi connectivity index (χ0v) is 11.7. The summed E-state index contributed by atoms with van der Waals surface area (Å²) in [7, 11) is 0. The van der Waals surface area contributed by atoms with Crippen molar-refractivity contribution in [2.45, 2.75) is 70.1 Å². The van der Waals surface area contributed by atoms with Crippen LogP contribution in [0.1, 0.15) is 52.9 Å². The molecule has 18 heavy (non-hydrogen) atoms. The average molecular weight is 258 g/mol. The van der Waals surface area contributed by atoms with Gasteiger partial charge in [-0.25, -0.2) is 4.79 Å². The molecule has 0 aromatic heterocycles. The summed E-state index contributed by atoms with van der Waals surface area (Å²) < 4.78 is 5.26. The number of hydrogen-bond donors (Lipinski definition) is 3. The van der Waals surface area contributed by atoms with Gasteiger partial charge in [0.15, 0.2) is 0 Å². The Hall–Kier alpha value is -0.810. The van der Waals surface area contributed by atoms with Crippen molar-refractivity contribution in [3.8, 4) is 0 Å². The molecule has 1 atom stereocenters. The molecule has 1 rings (SSSR count). The summed E-state index contributed by atoms with van der Waals surface area (Å²) in [6.07, 6.45) is 3.44. The number of carbonyl (C=O) groups is 1. The fraction of sp³-hybridized carbons (Fsp3) is 0.923. The second-order valence-corrected chi connectivity index (χ2v) is 6.10. The van der Waals surface area contributed by atoms with Crippen LogP contribution in [0.25, 0.3) is 0 Å². The van der Waals surface area contributed by atoms with E-state index in [1.807, 2.05) is 20.8 Å². The van der Waals surface area contributed by atoms with E-state index in [-0.39, 0.29) is 6.54 Å². The van der Waals surface area contributed by atoms with Crippen molar-refractivity contribution in [1.82, 2.24) is 5.32 Å². The number of aliphatic hydroxyl groups is 1. The van der Waals surface area contributed by atoms with Crippen LogP contribution < -0.4 is 11.1 Å². The molecule has 1 fully saturated rings. The highest BCUT2D eigenvalue weighted by atomic mass is 16.6. The smallest absolute Gasteiger partial charge is 0.408 e. The number of nitrogens with two attached hydrogens (primary N) is 1. The van der Waals surface area contributed by atoms with Gasteiger partial charge in [-0.1, -0.05) is 19.3 Å². The highest BCUT2D eigenvalue weighted by Gasteiger charge is 2.40. The Labute approximate surface area is 109 Å². The lowest BCUT2D eigenvalue weighted by Gasteiger charge is -2.41. The second kappa shape index (κ2) is 5.89. The van der Waals surface area contributed by atoms with Gasteiger partial charge in [-0.2, -0.15) is 0 Å². The van der Waals surface area contributed by atoms with E-state index in [1.54, 1.807) is 0 Å². The van der Waals surface area contributed by atoms with Gasteiger partial charge in [0, 0.05) is 6.54 Å². The van der Waals surface area contributed by atoms with Crippen molar-refractivity contribution >= 4 is 6.09 Å². The quantitative estimate of drug-likeness (QED) is 0.716. The molecule has 1 aliphatic carbocycles. The van der Waals surface area contributed by atoms with Gasteiger partial charge in [0.2, 0.25) is 0 Å². The maximum absolute atomic E-state index is 11.9. The van der Waals surface area contributed by atoms with E-state index in [1.165, 1.54) is 0 Å². The number of rotatable bonds is 3. The van der Waals surface area contributed by atoms with E-state index in [4.69, 9.17) is 10.5 Å². The molecule has 0 spiro atoms. The summed E-state index contributed by atoms with van der Waals surface area (Å²) in [4.78, 5) is 11.9. The molecule has 4 N–H and O–H groups in total. The maximum atomic E-state index is 11.9. The molecular weight excluding hydrogens is 232 g/mol. The summed E-state index contributed by atoms with van der Waals surface area (Å²) >= 11 is 0. The van der Waals surface area contributed by atoms with E-state index in [2.05, 4.69) is 5.32 Å². The van der Waals surface area contributed by atoms with Gasteiger partial charge in [0.05, 0.1) is 11.6 Å². The number of aliphatic hydroxyl groups excluding tert-OH is 1. The Morgan fingerprint density at radius 1 is 1.39 bits per heavy atom. The van der Waals surface area contributed by atoms with Gasteiger partial charge >= 0.3 is 6.09 Å². The Kier molecular flexibility index (Phi) is 4.99. The van der Waals surface area contributed by atoms with Gasteiger partial charge in [-0.05, 0) is 33.6 Å². The van der Waals surface area contributed by atoms with E-state index >= 15 is 0 Å². The van der Waals surface area contributed by atoms with Crippen LogP contribution in [0.5, 0.6) is 0 Å². The first-order valence-electron chi connectivity index (χ1n) is 6.68. The molecule has 5 heteroatoms. The normalized spacial score (nSPS) is 21.2. The second-order valence-electron chi connectivity index (χ2n) is 6.10. The molecule has 0 unspecified atom stereocenters. The summed E-state index contributed by atoms with van der Waals surface area (Å²) in [6.45, 7) is 5.61. The predicted octanol–water partition coefficient (Wildman–Crippen LogP) is 1.53. The van der Waals surface area contributed by atoms with E-state index in [9.17, 15) is 9.90 Å². The molecule has 0 aromatic rings. The molecule has 0 aliphatic heterocycles. The lowest BCUT2D eigenvalue weighted by molar-refractivity contribution is 0.0111. The Morgan fingerprint density at radius 3 is 2.39 bits per heavy atom. The minimum atomic E-state index is -0.717. The number of ether oxygens (including phenoxy) is 1. The fourth-order valence-corrected chi connectivity index (χ4v) is 2.46. The number of alkyl carbamates (subject to hydrolysis) is 1. The number of carbonyl (C=O) groups excluding carboxylic acids is 1. The summed E-state index contributed by atoms with van der Waals surface area (Å²) in [5.41, 5.74) is 4.40. The zero-order chi connectivity index (χ0) is 13.8. The first-order valence-corrected chi connectivity index (χ1v) is 6.68. The monoisotopic (exact) mass is 258 g/mol. The minimum Gasteiger partial charge on any atom is -0.444 e. The van der Waals surface area contributed by atoms with Crippen LogP contribution in [0.2, 0.25) is 0 Å². The standard InChI is InChI=1S/C13H26N2O3/c1-12(2,3)18-11(17)15-13(10(16)9-14)7-5-4-6-8-13/h10,16H,4-9,14H2,1-3H3,(H,15,17)/t10-/m0/s1. The van der Waals surface area contributed by atoms with E-state index in [0.717, 1.165) is 32.1 Å². The van der Waals surface area contributed by atoms with Crippen molar-refractivity contribution in [2.24, 2.45) is 5.73 Å². The zero-order valence-electron chi connectivity index (χ0n) is 11.7. The van der Waals surface area contributed by atoms with E-state index in [0.29, 0.717) is 0 Å². The van der Waals surface area contributed by atoms with Crippen LogP contribution in [0.4, 0.5) is 4.79 Å². The van der Waals surface area contributed by atoms with Crippen molar-refractivity contribution in [2.75, 3.05) is 6.54 Å². The molecular formula is C13H26N2O3. The third-order valence-corrected chi connectivity index (χ3v) is 3.36. The Balaban J connectivity index is 2.70. The number of amides is 1. The summed E-state index contributed by atoms with van der Waals surface area (Å²) in [6, 6.07) is 0. The minimum absolute atomic E-state index is 0.149. The molecule has 5 nitrogen and oxygen atoms in total. The molecule has 0 saturated heterocycles. The van der Waals surface area contributed by atoms with Gasteiger partial charge in [-0.3, -0.25) is 0 Å². The first kappa shape index (κ1) is 15.2. The van der Waals surface area contributed by atoms with Crippen molar-refractivity contribution < 1.29 is 14.6 Å². The Bertz CT molecular complexity index is 280. The highest BCUT2D eigenvalue weighted by molar-refractivity contribution is 5.69. The van der Waals surface area contributed by atoms with E-state index < -0.39 is 23.3 Å². The highest BCUT2D eigenvalue weighted by Crippen LogP contribution is 2.31. The lowest BCUT2D eigenvalue weighted by atomic mass is 9.77. The van der Waals surface area contributed by atoms with Crippen LogP contribution in [-0.2, 0) is 4.74 Å². The van der Waals surface area contributed by atoms with Gasteiger partial charge in [-0.15, -0.1) is 0 Å². The SMILES string of the molecule is CC(C)(C)OC(=O)NC1([C@@H](O)CN)CCCCC1. The fourth-order valence-electron chi connectivity index (χ4n) is 2.46. The van der Waals surface area contributed by atoms with Crippen LogP contribution in [0, 0.1) is 0 Å². The van der Waals surface area contributed by atoms with Crippen LogP contribution in [0.3, 0.4) is 0 Å². The predicted molar refractivity (Wildman–Crippen MR) is 70.2 cm³/mol. The number of hydrogen-bond acceptors (Lipinski definition) is 4. The lowest BCUT2D eigenvalue weighted by Crippen LogP contribution is -2.60. The van der Waals surface area contributed by atoms with Crippen LogP contribution in [0.15, 0.2) is 0 Å². The third-order valence-electron chi connectivity index (χ3n) is 3.36. The molecule has 0 heterocycles. The summed E-state index contributed by atoms with van der Waals surface area (Å²) in [5, 5.41) is 12.9. The first-order chi connectivity index (χ1) is 8.29.